The van der Waals surface area contributed by atoms with Gasteiger partial charge in [0.05, 0.1) is 10.7 Å². The highest BCUT2D eigenvalue weighted by Gasteiger charge is 2.31. The van der Waals surface area contributed by atoms with Crippen LogP contribution in [0.2, 0.25) is 0 Å². The summed E-state index contributed by atoms with van der Waals surface area (Å²) in [5.74, 6) is 0.596. The predicted octanol–water partition coefficient (Wildman–Crippen LogP) is 2.23. The van der Waals surface area contributed by atoms with Crippen molar-refractivity contribution < 1.29 is 9.59 Å². The molecule has 1 aliphatic heterocycles. The van der Waals surface area contributed by atoms with Gasteiger partial charge in [-0.3, -0.25) is 9.59 Å². The number of rotatable bonds is 2. The fraction of sp³-hybridized carbons (Fsp3) is 0.688. The van der Waals surface area contributed by atoms with Crippen molar-refractivity contribution in [3.63, 3.8) is 0 Å². The zero-order valence-electron chi connectivity index (χ0n) is 13.3. The Morgan fingerprint density at radius 3 is 2.18 bits per heavy atom. The van der Waals surface area contributed by atoms with Crippen molar-refractivity contribution in [1.82, 2.24) is 14.8 Å². The fourth-order valence-electron chi connectivity index (χ4n) is 3.43. The molecule has 2 amide bonds. The van der Waals surface area contributed by atoms with Crippen LogP contribution in [0.3, 0.4) is 0 Å². The van der Waals surface area contributed by atoms with Crippen LogP contribution < -0.4 is 0 Å². The molecule has 1 saturated carbocycles. The lowest BCUT2D eigenvalue weighted by Gasteiger charge is -2.35. The molecule has 120 valence electrons. The molecule has 5 nitrogen and oxygen atoms in total. The first-order chi connectivity index (χ1) is 10.6. The number of aromatic nitrogens is 1. The Bertz CT molecular complexity index is 570. The van der Waals surface area contributed by atoms with Crippen LogP contribution >= 0.6 is 11.3 Å². The van der Waals surface area contributed by atoms with E-state index in [0.717, 1.165) is 28.4 Å². The Labute approximate surface area is 135 Å². The predicted molar refractivity (Wildman–Crippen MR) is 86.0 cm³/mol. The van der Waals surface area contributed by atoms with Crippen LogP contribution in [-0.4, -0.2) is 52.8 Å². The lowest BCUT2D eigenvalue weighted by atomic mass is 10.1. The van der Waals surface area contributed by atoms with Crippen molar-refractivity contribution in [2.45, 2.75) is 39.5 Å². The summed E-state index contributed by atoms with van der Waals surface area (Å²) in [6.07, 6.45) is 4.44. The van der Waals surface area contributed by atoms with E-state index in [1.807, 2.05) is 23.6 Å². The largest absolute Gasteiger partial charge is 0.339 e. The monoisotopic (exact) mass is 321 g/mol. The van der Waals surface area contributed by atoms with Crippen LogP contribution in [0.15, 0.2) is 0 Å². The minimum absolute atomic E-state index is 0.0658. The molecule has 1 aromatic rings. The van der Waals surface area contributed by atoms with Crippen LogP contribution in [0, 0.1) is 19.8 Å². The third-order valence-electron chi connectivity index (χ3n) is 4.68. The first-order valence-electron chi connectivity index (χ1n) is 8.08. The zero-order chi connectivity index (χ0) is 15.7. The van der Waals surface area contributed by atoms with E-state index < -0.39 is 0 Å². The number of hydrogen-bond acceptors (Lipinski definition) is 4. The topological polar surface area (TPSA) is 53.5 Å². The Kier molecular flexibility index (Phi) is 4.47. The summed E-state index contributed by atoms with van der Waals surface area (Å²) >= 11 is 1.46. The van der Waals surface area contributed by atoms with Gasteiger partial charge in [0, 0.05) is 32.1 Å². The Hall–Kier alpha value is -1.43. The molecule has 22 heavy (non-hydrogen) atoms. The Morgan fingerprint density at radius 2 is 1.64 bits per heavy atom. The number of carbonyl (C=O) groups excluding carboxylic acids is 2. The van der Waals surface area contributed by atoms with E-state index in [-0.39, 0.29) is 11.8 Å². The number of carbonyl (C=O) groups is 2. The number of aryl methyl sites for hydroxylation is 2. The highest BCUT2D eigenvalue weighted by atomic mass is 32.1. The molecule has 0 aromatic carbocycles. The molecule has 0 bridgehead atoms. The molecule has 6 heteroatoms. The van der Waals surface area contributed by atoms with E-state index in [1.165, 1.54) is 24.2 Å². The van der Waals surface area contributed by atoms with E-state index in [9.17, 15) is 9.59 Å². The van der Waals surface area contributed by atoms with Gasteiger partial charge < -0.3 is 9.80 Å². The third-order valence-corrected chi connectivity index (χ3v) is 5.74. The summed E-state index contributed by atoms with van der Waals surface area (Å²) in [5, 5.41) is 0.927. The quantitative estimate of drug-likeness (QED) is 0.839. The summed E-state index contributed by atoms with van der Waals surface area (Å²) < 4.78 is 0. The summed E-state index contributed by atoms with van der Waals surface area (Å²) in [6.45, 7) is 6.40. The standard InChI is InChI=1S/C16H23N3O2S/c1-11-14(22-12(2)17-11)16(21)19-9-7-18(8-10-19)15(20)13-5-3-4-6-13/h13H,3-10H2,1-2H3. The molecular weight excluding hydrogens is 298 g/mol. The zero-order valence-corrected chi connectivity index (χ0v) is 14.1. The van der Waals surface area contributed by atoms with Crippen molar-refractivity contribution in [2.24, 2.45) is 5.92 Å². The Balaban J connectivity index is 1.58. The molecule has 0 spiro atoms. The number of thiazole rings is 1. The van der Waals surface area contributed by atoms with Gasteiger partial charge >= 0.3 is 0 Å². The summed E-state index contributed by atoms with van der Waals surface area (Å²) in [6, 6.07) is 0. The maximum Gasteiger partial charge on any atom is 0.265 e. The SMILES string of the molecule is Cc1nc(C)c(C(=O)N2CCN(C(=O)C3CCCC3)CC2)s1. The molecule has 0 N–H and O–H groups in total. The van der Waals surface area contributed by atoms with Gasteiger partial charge in [-0.25, -0.2) is 4.98 Å². The minimum atomic E-state index is 0.0658. The summed E-state index contributed by atoms with van der Waals surface area (Å²) in [5.41, 5.74) is 0.817. The molecular formula is C16H23N3O2S. The molecule has 0 atom stereocenters. The third kappa shape index (κ3) is 3.02. The van der Waals surface area contributed by atoms with Gasteiger partial charge in [-0.15, -0.1) is 11.3 Å². The van der Waals surface area contributed by atoms with Crippen LogP contribution in [0.4, 0.5) is 0 Å². The molecule has 0 unspecified atom stereocenters. The van der Waals surface area contributed by atoms with Gasteiger partial charge in [-0.05, 0) is 26.7 Å². The lowest BCUT2D eigenvalue weighted by Crippen LogP contribution is -2.51. The van der Waals surface area contributed by atoms with Crippen LogP contribution in [0.5, 0.6) is 0 Å². The molecule has 2 aliphatic rings. The fourth-order valence-corrected chi connectivity index (χ4v) is 4.32. The minimum Gasteiger partial charge on any atom is -0.339 e. The molecule has 1 saturated heterocycles. The first kappa shape index (κ1) is 15.5. The van der Waals surface area contributed by atoms with E-state index in [0.29, 0.717) is 32.1 Å². The maximum atomic E-state index is 12.6. The van der Waals surface area contributed by atoms with Crippen molar-refractivity contribution in [3.05, 3.63) is 15.6 Å². The number of hydrogen-bond donors (Lipinski definition) is 0. The van der Waals surface area contributed by atoms with Crippen LogP contribution in [0.1, 0.15) is 46.1 Å². The van der Waals surface area contributed by atoms with Crippen molar-refractivity contribution in [3.8, 4) is 0 Å². The molecule has 1 aliphatic carbocycles. The van der Waals surface area contributed by atoms with Crippen molar-refractivity contribution in [1.29, 1.82) is 0 Å². The second kappa shape index (κ2) is 6.36. The molecule has 2 heterocycles. The van der Waals surface area contributed by atoms with Gasteiger partial charge in [0.1, 0.15) is 4.88 Å². The average Bonchev–Trinajstić information content (AvgIpc) is 3.15. The summed E-state index contributed by atoms with van der Waals surface area (Å²) in [7, 11) is 0. The van der Waals surface area contributed by atoms with Gasteiger partial charge in [0.15, 0.2) is 0 Å². The second-order valence-electron chi connectivity index (χ2n) is 6.25. The smallest absolute Gasteiger partial charge is 0.265 e. The Morgan fingerprint density at radius 1 is 1.05 bits per heavy atom. The second-order valence-corrected chi connectivity index (χ2v) is 7.45. The van der Waals surface area contributed by atoms with Crippen molar-refractivity contribution in [2.75, 3.05) is 26.2 Å². The van der Waals surface area contributed by atoms with Gasteiger partial charge in [-0.2, -0.15) is 0 Å². The van der Waals surface area contributed by atoms with Crippen molar-refractivity contribution >= 4 is 23.2 Å². The first-order valence-corrected chi connectivity index (χ1v) is 8.90. The molecule has 1 aromatic heterocycles. The lowest BCUT2D eigenvalue weighted by molar-refractivity contribution is -0.136. The van der Waals surface area contributed by atoms with Gasteiger partial charge in [0.2, 0.25) is 5.91 Å². The molecule has 3 rings (SSSR count). The molecule has 2 fully saturated rings. The number of amides is 2. The normalized spacial score (nSPS) is 19.7. The van der Waals surface area contributed by atoms with E-state index in [1.54, 1.807) is 0 Å². The van der Waals surface area contributed by atoms with Gasteiger partial charge in [-0.1, -0.05) is 12.8 Å². The van der Waals surface area contributed by atoms with E-state index in [2.05, 4.69) is 4.98 Å². The summed E-state index contributed by atoms with van der Waals surface area (Å²) in [4.78, 5) is 33.9. The number of piperazine rings is 1. The maximum absolute atomic E-state index is 12.6. The van der Waals surface area contributed by atoms with Gasteiger partial charge in [0.25, 0.3) is 5.91 Å². The highest BCUT2D eigenvalue weighted by Crippen LogP contribution is 2.27. The van der Waals surface area contributed by atoms with E-state index in [4.69, 9.17) is 0 Å². The number of nitrogens with zero attached hydrogens (tertiary/aromatic N) is 3. The van der Waals surface area contributed by atoms with E-state index >= 15 is 0 Å². The highest BCUT2D eigenvalue weighted by molar-refractivity contribution is 7.13. The average molecular weight is 321 g/mol. The molecule has 0 radical (unpaired) electrons. The van der Waals surface area contributed by atoms with Crippen LogP contribution in [-0.2, 0) is 4.79 Å². The van der Waals surface area contributed by atoms with Crippen LogP contribution in [0.25, 0.3) is 0 Å².